The van der Waals surface area contributed by atoms with Gasteiger partial charge in [-0.15, -0.1) is 0 Å². The maximum Gasteiger partial charge on any atom is 0.233 e. The summed E-state index contributed by atoms with van der Waals surface area (Å²) in [6, 6.07) is 10.6. The van der Waals surface area contributed by atoms with E-state index in [1.54, 1.807) is 0 Å². The lowest BCUT2D eigenvalue weighted by atomic mass is 9.73. The number of nitrogens with zero attached hydrogens (tertiary/aromatic N) is 1. The molecule has 1 N–H and O–H groups in total. The lowest BCUT2D eigenvalue weighted by Crippen LogP contribution is -2.57. The van der Waals surface area contributed by atoms with Gasteiger partial charge in [0.15, 0.2) is 0 Å². The van der Waals surface area contributed by atoms with Gasteiger partial charge in [0.2, 0.25) is 5.91 Å². The van der Waals surface area contributed by atoms with E-state index in [1.165, 1.54) is 0 Å². The molecule has 1 amide bonds. The Hall–Kier alpha value is -1.39. The number of piperazine rings is 1. The van der Waals surface area contributed by atoms with Crippen LogP contribution in [0.2, 0.25) is 0 Å². The summed E-state index contributed by atoms with van der Waals surface area (Å²) in [5.41, 5.74) is 0.751. The Morgan fingerprint density at radius 2 is 2.00 bits per heavy atom. The number of hydrogen-bond donors (Lipinski definition) is 1. The first-order valence-corrected chi connectivity index (χ1v) is 7.88. The molecule has 2 saturated heterocycles. The smallest absolute Gasteiger partial charge is 0.233 e. The van der Waals surface area contributed by atoms with Crippen LogP contribution >= 0.6 is 0 Å². The molecule has 114 valence electrons. The highest BCUT2D eigenvalue weighted by atomic mass is 16.5. The fourth-order valence-electron chi connectivity index (χ4n) is 3.52. The minimum atomic E-state index is -0.392. The molecule has 0 spiro atoms. The summed E-state index contributed by atoms with van der Waals surface area (Å²) >= 11 is 0. The summed E-state index contributed by atoms with van der Waals surface area (Å²) in [5, 5.41) is 3.40. The van der Waals surface area contributed by atoms with Crippen LogP contribution < -0.4 is 5.32 Å². The molecule has 2 heterocycles. The summed E-state index contributed by atoms with van der Waals surface area (Å²) in [6.45, 7) is 5.96. The number of rotatable bonds is 2. The van der Waals surface area contributed by atoms with E-state index in [-0.39, 0.29) is 5.91 Å². The zero-order chi connectivity index (χ0) is 14.7. The molecule has 21 heavy (non-hydrogen) atoms. The first-order chi connectivity index (χ1) is 10.2. The lowest BCUT2D eigenvalue weighted by Gasteiger charge is -2.42. The van der Waals surface area contributed by atoms with E-state index < -0.39 is 5.41 Å². The monoisotopic (exact) mass is 288 g/mol. The normalized spacial score (nSPS) is 25.6. The van der Waals surface area contributed by atoms with E-state index in [1.807, 2.05) is 23.1 Å². The van der Waals surface area contributed by atoms with Gasteiger partial charge in [-0.25, -0.2) is 0 Å². The molecule has 0 bridgehead atoms. The van der Waals surface area contributed by atoms with Gasteiger partial charge in [0, 0.05) is 38.9 Å². The standard InChI is InChI=1S/C17H24N2O2/c1-14-13-19(10-9-18-14)16(20)17(7-11-21-12-8-17)15-5-3-2-4-6-15/h2-6,14,18H,7-13H2,1H3. The fourth-order valence-corrected chi connectivity index (χ4v) is 3.52. The van der Waals surface area contributed by atoms with E-state index in [0.29, 0.717) is 19.3 Å². The Labute approximate surface area is 126 Å². The van der Waals surface area contributed by atoms with Crippen LogP contribution in [0.1, 0.15) is 25.3 Å². The maximum atomic E-state index is 13.3. The van der Waals surface area contributed by atoms with Gasteiger partial charge in [-0.1, -0.05) is 30.3 Å². The number of nitrogens with one attached hydrogen (secondary N) is 1. The minimum absolute atomic E-state index is 0.283. The van der Waals surface area contributed by atoms with Crippen molar-refractivity contribution in [3.05, 3.63) is 35.9 Å². The van der Waals surface area contributed by atoms with E-state index in [2.05, 4.69) is 24.4 Å². The molecule has 0 saturated carbocycles. The zero-order valence-electron chi connectivity index (χ0n) is 12.7. The predicted molar refractivity (Wildman–Crippen MR) is 82.2 cm³/mol. The molecular formula is C17H24N2O2. The Morgan fingerprint density at radius 1 is 1.29 bits per heavy atom. The summed E-state index contributed by atoms with van der Waals surface area (Å²) in [6.07, 6.45) is 1.57. The van der Waals surface area contributed by atoms with Gasteiger partial charge in [0.25, 0.3) is 0 Å². The molecule has 1 unspecified atom stereocenters. The van der Waals surface area contributed by atoms with Crippen molar-refractivity contribution in [1.29, 1.82) is 0 Å². The van der Waals surface area contributed by atoms with Crippen molar-refractivity contribution in [2.75, 3.05) is 32.8 Å². The van der Waals surface area contributed by atoms with Gasteiger partial charge in [-0.05, 0) is 25.3 Å². The molecule has 4 nitrogen and oxygen atoms in total. The van der Waals surface area contributed by atoms with Crippen LogP contribution in [0, 0.1) is 0 Å². The third-order valence-corrected chi connectivity index (χ3v) is 4.74. The number of benzene rings is 1. The quantitative estimate of drug-likeness (QED) is 0.898. The summed E-state index contributed by atoms with van der Waals surface area (Å²) in [7, 11) is 0. The van der Waals surface area contributed by atoms with Gasteiger partial charge in [0.05, 0.1) is 5.41 Å². The average molecular weight is 288 g/mol. The van der Waals surface area contributed by atoms with Crippen molar-refractivity contribution < 1.29 is 9.53 Å². The predicted octanol–water partition coefficient (Wildman–Crippen LogP) is 1.56. The maximum absolute atomic E-state index is 13.3. The number of ether oxygens (including phenoxy) is 1. The molecule has 2 aliphatic heterocycles. The van der Waals surface area contributed by atoms with Crippen molar-refractivity contribution >= 4 is 5.91 Å². The van der Waals surface area contributed by atoms with Gasteiger partial charge in [-0.2, -0.15) is 0 Å². The molecule has 1 aromatic rings. The molecule has 0 radical (unpaired) electrons. The number of carbonyl (C=O) groups excluding carboxylic acids is 1. The largest absolute Gasteiger partial charge is 0.381 e. The second-order valence-electron chi connectivity index (χ2n) is 6.17. The van der Waals surface area contributed by atoms with E-state index in [4.69, 9.17) is 4.74 Å². The minimum Gasteiger partial charge on any atom is -0.381 e. The zero-order valence-corrected chi connectivity index (χ0v) is 12.7. The molecular weight excluding hydrogens is 264 g/mol. The molecule has 2 fully saturated rings. The van der Waals surface area contributed by atoms with E-state index >= 15 is 0 Å². The van der Waals surface area contributed by atoms with Crippen LogP contribution in [0.3, 0.4) is 0 Å². The highest BCUT2D eigenvalue weighted by Gasteiger charge is 2.44. The fraction of sp³-hybridized carbons (Fsp3) is 0.588. The topological polar surface area (TPSA) is 41.6 Å². The van der Waals surface area contributed by atoms with Gasteiger partial charge >= 0.3 is 0 Å². The Morgan fingerprint density at radius 3 is 2.67 bits per heavy atom. The number of amides is 1. The van der Waals surface area contributed by atoms with Crippen LogP contribution in [0.15, 0.2) is 30.3 Å². The van der Waals surface area contributed by atoms with Crippen molar-refractivity contribution in [3.63, 3.8) is 0 Å². The summed E-state index contributed by atoms with van der Waals surface area (Å²) in [4.78, 5) is 15.3. The van der Waals surface area contributed by atoms with Crippen LogP contribution in [-0.2, 0) is 14.9 Å². The summed E-state index contributed by atoms with van der Waals surface area (Å²) < 4.78 is 5.52. The van der Waals surface area contributed by atoms with Crippen molar-refractivity contribution in [2.24, 2.45) is 0 Å². The third-order valence-electron chi connectivity index (χ3n) is 4.74. The molecule has 4 heteroatoms. The third kappa shape index (κ3) is 2.83. The molecule has 3 rings (SSSR count). The van der Waals surface area contributed by atoms with Gasteiger partial charge in [-0.3, -0.25) is 4.79 Å². The van der Waals surface area contributed by atoms with E-state index in [0.717, 1.165) is 38.0 Å². The number of carbonyl (C=O) groups is 1. The average Bonchev–Trinajstić information content (AvgIpc) is 2.55. The van der Waals surface area contributed by atoms with Crippen LogP contribution in [0.25, 0.3) is 0 Å². The molecule has 0 aliphatic carbocycles. The second-order valence-corrected chi connectivity index (χ2v) is 6.17. The van der Waals surface area contributed by atoms with Crippen molar-refractivity contribution in [2.45, 2.75) is 31.2 Å². The van der Waals surface area contributed by atoms with Crippen LogP contribution in [0.5, 0.6) is 0 Å². The number of hydrogen-bond acceptors (Lipinski definition) is 3. The van der Waals surface area contributed by atoms with E-state index in [9.17, 15) is 4.79 Å². The van der Waals surface area contributed by atoms with Gasteiger partial charge in [0.1, 0.15) is 0 Å². The molecule has 0 aromatic heterocycles. The Kier molecular flexibility index (Phi) is 4.27. The highest BCUT2D eigenvalue weighted by Crippen LogP contribution is 2.37. The van der Waals surface area contributed by atoms with Crippen LogP contribution in [0.4, 0.5) is 0 Å². The molecule has 2 aliphatic rings. The van der Waals surface area contributed by atoms with Gasteiger partial charge < -0.3 is 15.0 Å². The van der Waals surface area contributed by atoms with Crippen molar-refractivity contribution in [3.8, 4) is 0 Å². The lowest BCUT2D eigenvalue weighted by molar-refractivity contribution is -0.142. The summed E-state index contributed by atoms with van der Waals surface area (Å²) in [5.74, 6) is 0.283. The Balaban J connectivity index is 1.90. The first kappa shape index (κ1) is 14.5. The van der Waals surface area contributed by atoms with Crippen LogP contribution in [-0.4, -0.2) is 49.7 Å². The molecule has 1 aromatic carbocycles. The first-order valence-electron chi connectivity index (χ1n) is 7.88. The van der Waals surface area contributed by atoms with Crippen molar-refractivity contribution in [1.82, 2.24) is 10.2 Å². The Bertz CT molecular complexity index is 483. The highest BCUT2D eigenvalue weighted by molar-refractivity contribution is 5.88. The molecule has 1 atom stereocenters. The second kappa shape index (κ2) is 6.16. The SMILES string of the molecule is CC1CN(C(=O)C2(c3ccccc3)CCOCC2)CCN1.